The molecule has 0 aliphatic carbocycles. The third-order valence-corrected chi connectivity index (χ3v) is 3.91. The van der Waals surface area contributed by atoms with Gasteiger partial charge in [0.25, 0.3) is 11.6 Å². The number of aromatic hydroxyl groups is 1. The molecular formula is C17H12N4O6. The number of nitrogens with zero attached hydrogens (tertiary/aromatic N) is 4. The number of rotatable bonds is 4. The van der Waals surface area contributed by atoms with Crippen molar-refractivity contribution < 1.29 is 19.7 Å². The standard InChI is InChI=1S/C17H12N4O6/c1-10-14(9-11-3-2-4-15(16(11)22)21(26)27)17(23)19(18-10)12-5-7-13(8-6-12)20(24)25/h2-9,22H,1H3. The summed E-state index contributed by atoms with van der Waals surface area (Å²) in [6.45, 7) is 1.57. The maximum Gasteiger partial charge on any atom is 0.311 e. The smallest absolute Gasteiger partial charge is 0.311 e. The van der Waals surface area contributed by atoms with Crippen molar-refractivity contribution in [2.24, 2.45) is 5.10 Å². The van der Waals surface area contributed by atoms with Crippen LogP contribution in [0.25, 0.3) is 6.08 Å². The van der Waals surface area contributed by atoms with Gasteiger partial charge in [0.05, 0.1) is 26.8 Å². The Balaban J connectivity index is 1.96. The summed E-state index contributed by atoms with van der Waals surface area (Å²) in [6, 6.07) is 9.26. The predicted molar refractivity (Wildman–Crippen MR) is 96.4 cm³/mol. The number of hydrogen-bond acceptors (Lipinski definition) is 7. The molecule has 0 saturated heterocycles. The average Bonchev–Trinajstić information content (AvgIpc) is 2.91. The number of non-ortho nitro benzene ring substituents is 1. The van der Waals surface area contributed by atoms with Crippen molar-refractivity contribution in [3.05, 3.63) is 73.8 Å². The van der Waals surface area contributed by atoms with Gasteiger partial charge in [-0.15, -0.1) is 0 Å². The van der Waals surface area contributed by atoms with E-state index in [1.807, 2.05) is 0 Å². The van der Waals surface area contributed by atoms with Crippen molar-refractivity contribution >= 4 is 34.8 Å². The van der Waals surface area contributed by atoms with Crippen LogP contribution < -0.4 is 5.01 Å². The van der Waals surface area contributed by atoms with Crippen molar-refractivity contribution in [2.45, 2.75) is 6.92 Å². The molecule has 136 valence electrons. The number of hydrogen-bond donors (Lipinski definition) is 1. The fourth-order valence-electron chi connectivity index (χ4n) is 2.54. The second kappa shape index (κ2) is 6.67. The summed E-state index contributed by atoms with van der Waals surface area (Å²) < 4.78 is 0. The van der Waals surface area contributed by atoms with Gasteiger partial charge in [0.1, 0.15) is 0 Å². The molecule has 27 heavy (non-hydrogen) atoms. The summed E-state index contributed by atoms with van der Waals surface area (Å²) in [6.07, 6.45) is 1.31. The molecular weight excluding hydrogens is 356 g/mol. The van der Waals surface area contributed by atoms with Crippen LogP contribution in [0, 0.1) is 20.2 Å². The third-order valence-electron chi connectivity index (χ3n) is 3.91. The number of phenols is 1. The molecule has 0 aromatic heterocycles. The van der Waals surface area contributed by atoms with Crippen molar-refractivity contribution in [2.75, 3.05) is 5.01 Å². The van der Waals surface area contributed by atoms with E-state index < -0.39 is 27.2 Å². The third kappa shape index (κ3) is 3.23. The average molecular weight is 368 g/mol. The van der Waals surface area contributed by atoms with E-state index in [-0.39, 0.29) is 16.8 Å². The van der Waals surface area contributed by atoms with Crippen LogP contribution in [0.1, 0.15) is 12.5 Å². The Hall–Kier alpha value is -4.08. The zero-order valence-corrected chi connectivity index (χ0v) is 13.9. The number of benzene rings is 2. The van der Waals surface area contributed by atoms with Gasteiger partial charge in [-0.3, -0.25) is 25.0 Å². The lowest BCUT2D eigenvalue weighted by Gasteiger charge is -2.11. The predicted octanol–water partition coefficient (Wildman–Crippen LogP) is 3.01. The Morgan fingerprint density at radius 3 is 2.33 bits per heavy atom. The molecule has 0 fully saturated rings. The first kappa shape index (κ1) is 17.7. The molecule has 0 saturated carbocycles. The summed E-state index contributed by atoms with van der Waals surface area (Å²) >= 11 is 0. The molecule has 2 aromatic rings. The minimum atomic E-state index is -0.724. The van der Waals surface area contributed by atoms with E-state index in [4.69, 9.17) is 0 Å². The lowest BCUT2D eigenvalue weighted by atomic mass is 10.1. The van der Waals surface area contributed by atoms with E-state index in [9.17, 15) is 30.1 Å². The lowest BCUT2D eigenvalue weighted by Crippen LogP contribution is -2.21. The molecule has 2 aromatic carbocycles. The monoisotopic (exact) mass is 368 g/mol. The van der Waals surface area contributed by atoms with Crippen LogP contribution in [0.2, 0.25) is 0 Å². The van der Waals surface area contributed by atoms with Gasteiger partial charge in [-0.2, -0.15) is 10.1 Å². The number of carbonyl (C=O) groups is 1. The van der Waals surface area contributed by atoms with Crippen LogP contribution in [0.4, 0.5) is 17.1 Å². The van der Waals surface area contributed by atoms with Crippen LogP contribution in [-0.2, 0) is 4.79 Å². The SMILES string of the molecule is CC1=NN(c2ccc([N+](=O)[O-])cc2)C(=O)C1=Cc1cccc([N+](=O)[O-])c1O. The van der Waals surface area contributed by atoms with Crippen LogP contribution in [0.3, 0.4) is 0 Å². The topological polar surface area (TPSA) is 139 Å². The molecule has 1 aliphatic heterocycles. The molecule has 1 heterocycles. The number of phenolic OH excluding ortho intramolecular Hbond substituents is 1. The van der Waals surface area contributed by atoms with Crippen LogP contribution >= 0.6 is 0 Å². The summed E-state index contributed by atoms with van der Waals surface area (Å²) in [5.74, 6) is -1.07. The molecule has 0 radical (unpaired) electrons. The number of nitro benzene ring substituents is 2. The molecule has 0 atom stereocenters. The minimum Gasteiger partial charge on any atom is -0.502 e. The van der Waals surface area contributed by atoms with Crippen molar-refractivity contribution in [3.63, 3.8) is 0 Å². The fourth-order valence-corrected chi connectivity index (χ4v) is 2.54. The summed E-state index contributed by atoms with van der Waals surface area (Å²) in [5.41, 5.74) is 0.317. The van der Waals surface area contributed by atoms with Gasteiger partial charge in [0.15, 0.2) is 0 Å². The van der Waals surface area contributed by atoms with Gasteiger partial charge in [-0.25, -0.2) is 0 Å². The van der Waals surface area contributed by atoms with E-state index in [0.29, 0.717) is 11.4 Å². The van der Waals surface area contributed by atoms with Crippen molar-refractivity contribution in [1.29, 1.82) is 0 Å². The summed E-state index contributed by atoms with van der Waals surface area (Å²) in [5, 5.41) is 36.9. The fraction of sp³-hybridized carbons (Fsp3) is 0.0588. The highest BCUT2D eigenvalue weighted by Gasteiger charge is 2.29. The molecule has 1 amide bonds. The van der Waals surface area contributed by atoms with E-state index in [1.165, 1.54) is 42.5 Å². The Bertz CT molecular complexity index is 1030. The number of carbonyl (C=O) groups excluding carboxylic acids is 1. The Morgan fingerprint density at radius 2 is 1.74 bits per heavy atom. The number of hydrazone groups is 1. The highest BCUT2D eigenvalue weighted by atomic mass is 16.6. The molecule has 1 N–H and O–H groups in total. The van der Waals surface area contributed by atoms with E-state index in [0.717, 1.165) is 11.1 Å². The normalized spacial score (nSPS) is 15.1. The first-order valence-electron chi connectivity index (χ1n) is 7.62. The number of para-hydroxylation sites is 1. The Labute approximate surface area is 152 Å². The van der Waals surface area contributed by atoms with Crippen LogP contribution in [0.15, 0.2) is 53.1 Å². The van der Waals surface area contributed by atoms with E-state index >= 15 is 0 Å². The van der Waals surface area contributed by atoms with Gasteiger partial charge in [-0.05, 0) is 25.1 Å². The van der Waals surface area contributed by atoms with Gasteiger partial charge < -0.3 is 5.11 Å². The van der Waals surface area contributed by atoms with Gasteiger partial charge in [0.2, 0.25) is 5.75 Å². The largest absolute Gasteiger partial charge is 0.502 e. The van der Waals surface area contributed by atoms with Crippen molar-refractivity contribution in [1.82, 2.24) is 0 Å². The minimum absolute atomic E-state index is 0.104. The van der Waals surface area contributed by atoms with Crippen LogP contribution in [0.5, 0.6) is 5.75 Å². The molecule has 0 spiro atoms. The maximum absolute atomic E-state index is 12.7. The number of amides is 1. The highest BCUT2D eigenvalue weighted by Crippen LogP contribution is 2.33. The Kier molecular flexibility index (Phi) is 4.38. The zero-order valence-electron chi connectivity index (χ0n) is 13.9. The molecule has 1 aliphatic rings. The van der Waals surface area contributed by atoms with Gasteiger partial charge in [0, 0.05) is 23.8 Å². The lowest BCUT2D eigenvalue weighted by molar-refractivity contribution is -0.385. The number of nitro groups is 2. The molecule has 10 heteroatoms. The summed E-state index contributed by atoms with van der Waals surface area (Å²) in [4.78, 5) is 33.0. The van der Waals surface area contributed by atoms with Crippen molar-refractivity contribution in [3.8, 4) is 5.75 Å². The molecule has 0 unspecified atom stereocenters. The second-order valence-electron chi connectivity index (χ2n) is 5.61. The zero-order chi connectivity index (χ0) is 19.7. The van der Waals surface area contributed by atoms with Crippen LogP contribution in [-0.4, -0.2) is 26.6 Å². The molecule has 10 nitrogen and oxygen atoms in total. The molecule has 0 bridgehead atoms. The molecule has 3 rings (SSSR count). The maximum atomic E-state index is 12.7. The Morgan fingerprint density at radius 1 is 1.07 bits per heavy atom. The van der Waals surface area contributed by atoms with E-state index in [1.54, 1.807) is 6.92 Å². The van der Waals surface area contributed by atoms with E-state index in [2.05, 4.69) is 5.10 Å². The summed E-state index contributed by atoms with van der Waals surface area (Å²) in [7, 11) is 0. The number of anilines is 1. The van der Waals surface area contributed by atoms with Gasteiger partial charge >= 0.3 is 5.69 Å². The highest BCUT2D eigenvalue weighted by molar-refractivity contribution is 6.32. The second-order valence-corrected chi connectivity index (χ2v) is 5.61. The first-order chi connectivity index (χ1) is 12.8. The quantitative estimate of drug-likeness (QED) is 0.500. The van der Waals surface area contributed by atoms with Gasteiger partial charge in [-0.1, -0.05) is 12.1 Å². The first-order valence-corrected chi connectivity index (χ1v) is 7.62.